The molecule has 0 aliphatic carbocycles. The summed E-state index contributed by atoms with van der Waals surface area (Å²) in [6, 6.07) is 14.3. The minimum atomic E-state index is -0.420. The average molecular weight is 488 g/mol. The van der Waals surface area contributed by atoms with E-state index in [2.05, 4.69) is 54.6 Å². The Morgan fingerprint density at radius 1 is 1.06 bits per heavy atom. The van der Waals surface area contributed by atoms with Crippen LogP contribution in [0.2, 0.25) is 0 Å². The van der Waals surface area contributed by atoms with Crippen LogP contribution in [0, 0.1) is 0 Å². The molecule has 2 aromatic carbocycles. The highest BCUT2D eigenvalue weighted by molar-refractivity contribution is 5.88. The number of benzene rings is 2. The van der Waals surface area contributed by atoms with Gasteiger partial charge in [-0.1, -0.05) is 12.1 Å². The normalized spacial score (nSPS) is 15.8. The second-order valence-corrected chi connectivity index (χ2v) is 9.54. The van der Waals surface area contributed by atoms with E-state index in [-0.39, 0.29) is 5.91 Å². The van der Waals surface area contributed by atoms with E-state index in [0.717, 1.165) is 67.0 Å². The molecule has 1 saturated heterocycles. The number of aliphatic hydroxyl groups is 1. The summed E-state index contributed by atoms with van der Waals surface area (Å²) in [5.74, 6) is -0.0512. The number of H-pyrrole nitrogens is 1. The van der Waals surface area contributed by atoms with Crippen molar-refractivity contribution in [2.45, 2.75) is 25.9 Å². The maximum Gasteiger partial charge on any atom is 0.221 e. The van der Waals surface area contributed by atoms with E-state index in [1.807, 2.05) is 29.0 Å². The molecular formula is C27H33N7O2. The van der Waals surface area contributed by atoms with E-state index >= 15 is 0 Å². The number of fused-ring (bicyclic) bond motifs is 1. The lowest BCUT2D eigenvalue weighted by atomic mass is 10.1. The average Bonchev–Trinajstić information content (AvgIpc) is 3.55. The van der Waals surface area contributed by atoms with Gasteiger partial charge in [-0.3, -0.25) is 14.3 Å². The van der Waals surface area contributed by atoms with Gasteiger partial charge in [0.05, 0.1) is 6.10 Å². The number of carbonyl (C=O) groups is 1. The fourth-order valence-electron chi connectivity index (χ4n) is 4.89. The number of aromatic amines is 1. The third kappa shape index (κ3) is 5.99. The first-order valence-corrected chi connectivity index (χ1v) is 12.5. The van der Waals surface area contributed by atoms with Crippen LogP contribution in [0.3, 0.4) is 0 Å². The molecule has 3 heterocycles. The molecule has 1 atom stereocenters. The molecule has 0 radical (unpaired) electrons. The number of aliphatic hydroxyl groups excluding tert-OH is 1. The Morgan fingerprint density at radius 3 is 2.50 bits per heavy atom. The molecule has 36 heavy (non-hydrogen) atoms. The van der Waals surface area contributed by atoms with Crippen molar-refractivity contribution in [3.8, 4) is 5.69 Å². The van der Waals surface area contributed by atoms with Crippen molar-refractivity contribution in [3.63, 3.8) is 0 Å². The van der Waals surface area contributed by atoms with Crippen LogP contribution in [0.15, 0.2) is 61.3 Å². The van der Waals surface area contributed by atoms with E-state index in [1.54, 1.807) is 12.7 Å². The monoisotopic (exact) mass is 487 g/mol. The zero-order chi connectivity index (χ0) is 24.9. The van der Waals surface area contributed by atoms with Gasteiger partial charge in [-0.05, 0) is 47.9 Å². The Labute approximate surface area is 210 Å². The lowest BCUT2D eigenvalue weighted by Gasteiger charge is -2.35. The molecule has 1 fully saturated rings. The molecule has 1 amide bonds. The predicted octanol–water partition coefficient (Wildman–Crippen LogP) is 2.47. The van der Waals surface area contributed by atoms with Crippen LogP contribution in [0.5, 0.6) is 0 Å². The highest BCUT2D eigenvalue weighted by Crippen LogP contribution is 2.23. The smallest absolute Gasteiger partial charge is 0.221 e. The molecule has 1 aliphatic rings. The molecule has 1 aliphatic heterocycles. The van der Waals surface area contributed by atoms with Crippen molar-refractivity contribution in [3.05, 3.63) is 72.4 Å². The Bertz CT molecular complexity index is 1280. The Morgan fingerprint density at radius 2 is 1.78 bits per heavy atom. The number of anilines is 1. The molecule has 5 rings (SSSR count). The molecule has 9 heteroatoms. The number of amides is 1. The number of hydrogen-bond donors (Lipinski definition) is 3. The van der Waals surface area contributed by atoms with Crippen LogP contribution >= 0.6 is 0 Å². The summed E-state index contributed by atoms with van der Waals surface area (Å²) in [5, 5.41) is 22.6. The number of hydrogen-bond acceptors (Lipinski definition) is 6. The van der Waals surface area contributed by atoms with Crippen LogP contribution in [0.1, 0.15) is 18.1 Å². The molecule has 0 saturated carbocycles. The molecular weight excluding hydrogens is 454 g/mol. The third-order valence-corrected chi connectivity index (χ3v) is 6.85. The second-order valence-electron chi connectivity index (χ2n) is 9.54. The fraction of sp³-hybridized carbons (Fsp3) is 0.370. The zero-order valence-electron chi connectivity index (χ0n) is 20.6. The largest absolute Gasteiger partial charge is 0.391 e. The summed E-state index contributed by atoms with van der Waals surface area (Å²) < 4.78 is 1.88. The maximum atomic E-state index is 11.2. The van der Waals surface area contributed by atoms with E-state index in [1.165, 1.54) is 12.5 Å². The van der Waals surface area contributed by atoms with Gasteiger partial charge >= 0.3 is 0 Å². The van der Waals surface area contributed by atoms with Crippen LogP contribution < -0.4 is 5.32 Å². The summed E-state index contributed by atoms with van der Waals surface area (Å²) in [7, 11) is 0. The number of carbonyl (C=O) groups excluding carboxylic acids is 1. The number of nitrogens with zero attached hydrogens (tertiary/aromatic N) is 5. The minimum Gasteiger partial charge on any atom is -0.391 e. The van der Waals surface area contributed by atoms with Gasteiger partial charge in [-0.25, -0.2) is 0 Å². The molecule has 2 aromatic heterocycles. The lowest BCUT2D eigenvalue weighted by Crippen LogP contribution is -2.49. The van der Waals surface area contributed by atoms with Gasteiger partial charge in [0.1, 0.15) is 12.7 Å². The fourth-order valence-corrected chi connectivity index (χ4v) is 4.89. The predicted molar refractivity (Wildman–Crippen MR) is 140 cm³/mol. The Balaban J connectivity index is 1.08. The number of rotatable bonds is 9. The molecule has 1 unspecified atom stereocenters. The zero-order valence-corrected chi connectivity index (χ0v) is 20.6. The second kappa shape index (κ2) is 11.0. The number of β-amino-alcohol motifs (C(OH)–C–C–N with tert-alkyl or cyclic N) is 1. The van der Waals surface area contributed by atoms with Gasteiger partial charge in [0, 0.05) is 81.1 Å². The van der Waals surface area contributed by atoms with Gasteiger partial charge in [0.2, 0.25) is 5.91 Å². The first-order valence-electron chi connectivity index (χ1n) is 12.5. The molecule has 0 spiro atoms. The van der Waals surface area contributed by atoms with Crippen LogP contribution in [-0.4, -0.2) is 85.9 Å². The van der Waals surface area contributed by atoms with Crippen LogP contribution in [0.4, 0.5) is 5.69 Å². The number of nitrogens with one attached hydrogen (secondary N) is 2. The standard InChI is InChI=1S/C27H33N7O2/c1-20(35)31-23-4-2-21(3-5-23)8-9-32-10-12-33(13-11-32)17-25(36)14-22-16-28-27-7-6-24(15-26(22)27)34-18-29-30-19-34/h2-7,15-16,18-19,25,28,36H,8-14,17H2,1H3,(H,31,35). The van der Waals surface area contributed by atoms with Crippen molar-refractivity contribution >= 4 is 22.5 Å². The minimum absolute atomic E-state index is 0.0512. The first-order chi connectivity index (χ1) is 17.5. The lowest BCUT2D eigenvalue weighted by molar-refractivity contribution is -0.114. The molecule has 0 bridgehead atoms. The van der Waals surface area contributed by atoms with Crippen LogP contribution in [-0.2, 0) is 17.6 Å². The summed E-state index contributed by atoms with van der Waals surface area (Å²) in [6.45, 7) is 7.15. The number of piperazine rings is 1. The highest BCUT2D eigenvalue weighted by Gasteiger charge is 2.20. The SMILES string of the molecule is CC(=O)Nc1ccc(CCN2CCN(CC(O)Cc3c[nH]c4ccc(-n5cnnc5)cc34)CC2)cc1. The summed E-state index contributed by atoms with van der Waals surface area (Å²) in [4.78, 5) is 19.3. The van der Waals surface area contributed by atoms with E-state index in [9.17, 15) is 9.90 Å². The van der Waals surface area contributed by atoms with E-state index in [0.29, 0.717) is 13.0 Å². The summed E-state index contributed by atoms with van der Waals surface area (Å²) >= 11 is 0. The quantitative estimate of drug-likeness (QED) is 0.335. The van der Waals surface area contributed by atoms with Crippen molar-refractivity contribution in [2.24, 2.45) is 0 Å². The van der Waals surface area contributed by atoms with E-state index < -0.39 is 6.10 Å². The molecule has 9 nitrogen and oxygen atoms in total. The van der Waals surface area contributed by atoms with Crippen molar-refractivity contribution in [1.82, 2.24) is 29.5 Å². The Hall–Kier alpha value is -3.53. The van der Waals surface area contributed by atoms with Crippen molar-refractivity contribution < 1.29 is 9.90 Å². The summed E-state index contributed by atoms with van der Waals surface area (Å²) in [5.41, 5.74) is 5.29. The number of aromatic nitrogens is 4. The molecule has 3 N–H and O–H groups in total. The molecule has 4 aromatic rings. The molecule has 188 valence electrons. The van der Waals surface area contributed by atoms with E-state index in [4.69, 9.17) is 0 Å². The van der Waals surface area contributed by atoms with Gasteiger partial charge < -0.3 is 20.3 Å². The highest BCUT2D eigenvalue weighted by atomic mass is 16.3. The van der Waals surface area contributed by atoms with Gasteiger partial charge in [-0.15, -0.1) is 10.2 Å². The third-order valence-electron chi connectivity index (χ3n) is 6.85. The topological polar surface area (TPSA) is 102 Å². The maximum absolute atomic E-state index is 11.2. The van der Waals surface area contributed by atoms with Crippen molar-refractivity contribution in [1.29, 1.82) is 0 Å². The first kappa shape index (κ1) is 24.2. The summed E-state index contributed by atoms with van der Waals surface area (Å²) in [6.07, 6.45) is 6.56. The van der Waals surface area contributed by atoms with Gasteiger partial charge in [0.15, 0.2) is 0 Å². The van der Waals surface area contributed by atoms with Crippen LogP contribution in [0.25, 0.3) is 16.6 Å². The van der Waals surface area contributed by atoms with Gasteiger partial charge in [0.25, 0.3) is 0 Å². The Kier molecular flexibility index (Phi) is 7.41. The van der Waals surface area contributed by atoms with Crippen molar-refractivity contribution in [2.75, 3.05) is 44.6 Å². The van der Waals surface area contributed by atoms with Gasteiger partial charge in [-0.2, -0.15) is 0 Å².